The van der Waals surface area contributed by atoms with Crippen LogP contribution in [0.25, 0.3) is 11.1 Å². The van der Waals surface area contributed by atoms with Crippen molar-refractivity contribution >= 4 is 23.2 Å². The molecule has 0 bridgehead atoms. The Morgan fingerprint density at radius 3 is 2.37 bits per heavy atom. The molecule has 0 saturated heterocycles. The number of carbonyl (C=O) groups excluding carboxylic acids is 1. The van der Waals surface area contributed by atoms with Gasteiger partial charge >= 0.3 is 6.18 Å². The van der Waals surface area contributed by atoms with E-state index in [2.05, 4.69) is 25.7 Å². The Kier molecular flexibility index (Phi) is 6.99. The number of aromatic nitrogens is 4. The molecule has 0 radical (unpaired) electrons. The average Bonchev–Trinajstić information content (AvgIpc) is 3.20. The van der Waals surface area contributed by atoms with E-state index in [1.54, 1.807) is 30.3 Å². The zero-order valence-electron chi connectivity index (χ0n) is 18.7. The molecule has 1 saturated carbocycles. The number of ketones is 1. The molecule has 0 unspecified atom stereocenters. The van der Waals surface area contributed by atoms with Crippen LogP contribution in [0.5, 0.6) is 0 Å². The SMILES string of the molecule is Cn1cc(-c2cnc(Nc3cc(F)cc(F)c3)nc2NC2CCC(CC(=O)C(F)(F)F)CC2)cn1. The highest BCUT2D eigenvalue weighted by Crippen LogP contribution is 2.34. The van der Waals surface area contributed by atoms with Crippen LogP contribution in [0.1, 0.15) is 32.1 Å². The first-order valence-corrected chi connectivity index (χ1v) is 11.0. The molecule has 1 aliphatic rings. The van der Waals surface area contributed by atoms with Crippen LogP contribution in [-0.4, -0.2) is 37.7 Å². The fraction of sp³-hybridized carbons (Fsp3) is 0.391. The summed E-state index contributed by atoms with van der Waals surface area (Å²) in [6, 6.07) is 2.89. The Morgan fingerprint density at radius 2 is 1.77 bits per heavy atom. The summed E-state index contributed by atoms with van der Waals surface area (Å²) >= 11 is 0. The number of nitrogens with one attached hydrogen (secondary N) is 2. The monoisotopic (exact) mass is 494 g/mol. The first-order chi connectivity index (χ1) is 16.6. The van der Waals surface area contributed by atoms with Crippen molar-refractivity contribution in [2.24, 2.45) is 13.0 Å². The number of hydrogen-bond acceptors (Lipinski definition) is 6. The Labute approximate surface area is 197 Å². The minimum absolute atomic E-state index is 0.0861. The van der Waals surface area contributed by atoms with Crippen LogP contribution in [-0.2, 0) is 11.8 Å². The Hall–Kier alpha value is -3.57. The molecular formula is C23H23F5N6O. The summed E-state index contributed by atoms with van der Waals surface area (Å²) in [5.74, 6) is -2.95. The van der Waals surface area contributed by atoms with Gasteiger partial charge in [0.05, 0.1) is 6.20 Å². The van der Waals surface area contributed by atoms with Gasteiger partial charge in [-0.05, 0) is 43.7 Å². The lowest BCUT2D eigenvalue weighted by molar-refractivity contribution is -0.172. The van der Waals surface area contributed by atoms with Gasteiger partial charge in [-0.2, -0.15) is 23.3 Å². The zero-order valence-corrected chi connectivity index (χ0v) is 18.7. The largest absolute Gasteiger partial charge is 0.449 e. The molecular weight excluding hydrogens is 471 g/mol. The van der Waals surface area contributed by atoms with Gasteiger partial charge in [-0.15, -0.1) is 0 Å². The molecule has 2 aromatic heterocycles. The first kappa shape index (κ1) is 24.6. The van der Waals surface area contributed by atoms with E-state index in [4.69, 9.17) is 0 Å². The van der Waals surface area contributed by atoms with Crippen molar-refractivity contribution < 1.29 is 26.7 Å². The topological polar surface area (TPSA) is 84.7 Å². The third-order valence-corrected chi connectivity index (χ3v) is 5.90. The third kappa shape index (κ3) is 6.31. The van der Waals surface area contributed by atoms with Crippen molar-refractivity contribution in [3.05, 3.63) is 48.4 Å². The Bertz CT molecular complexity index is 1180. The second-order valence-corrected chi connectivity index (χ2v) is 8.63. The number of alkyl halides is 3. The summed E-state index contributed by atoms with van der Waals surface area (Å²) in [5, 5.41) is 10.3. The molecule has 0 aliphatic heterocycles. The van der Waals surface area contributed by atoms with Crippen molar-refractivity contribution in [1.29, 1.82) is 0 Å². The molecule has 1 fully saturated rings. The smallest absolute Gasteiger partial charge is 0.367 e. The van der Waals surface area contributed by atoms with Crippen LogP contribution >= 0.6 is 0 Å². The lowest BCUT2D eigenvalue weighted by Gasteiger charge is -2.29. The maximum atomic E-state index is 13.6. The normalized spacial score (nSPS) is 18.3. The number of benzene rings is 1. The van der Waals surface area contributed by atoms with Crippen LogP contribution in [0, 0.1) is 17.6 Å². The maximum Gasteiger partial charge on any atom is 0.449 e. The molecule has 7 nitrogen and oxygen atoms in total. The lowest BCUT2D eigenvalue weighted by atomic mass is 9.83. The van der Waals surface area contributed by atoms with E-state index in [-0.39, 0.29) is 23.6 Å². The number of carbonyl (C=O) groups is 1. The molecule has 3 aromatic rings. The highest BCUT2D eigenvalue weighted by atomic mass is 19.4. The van der Waals surface area contributed by atoms with Crippen LogP contribution in [0.2, 0.25) is 0 Å². The van der Waals surface area contributed by atoms with Gasteiger partial charge in [-0.25, -0.2) is 13.8 Å². The van der Waals surface area contributed by atoms with Gasteiger partial charge < -0.3 is 10.6 Å². The van der Waals surface area contributed by atoms with E-state index in [0.29, 0.717) is 37.1 Å². The Balaban J connectivity index is 1.51. The van der Waals surface area contributed by atoms with Gasteiger partial charge in [-0.3, -0.25) is 9.48 Å². The second-order valence-electron chi connectivity index (χ2n) is 8.63. The summed E-state index contributed by atoms with van der Waals surface area (Å²) in [4.78, 5) is 20.1. The average molecular weight is 494 g/mol. The van der Waals surface area contributed by atoms with Crippen LogP contribution < -0.4 is 10.6 Å². The molecule has 4 rings (SSSR count). The van der Waals surface area contributed by atoms with Gasteiger partial charge in [0.1, 0.15) is 17.5 Å². The second kappa shape index (κ2) is 9.96. The standard InChI is InChI=1S/C23H23F5N6O/c1-34-12-14(10-30-34)19-11-29-22(32-18-8-15(24)7-16(25)9-18)33-21(19)31-17-4-2-13(3-5-17)6-20(35)23(26,27)28/h7-13,17H,2-6H2,1H3,(H2,29,31,32,33). The minimum Gasteiger partial charge on any atom is -0.367 e. The number of Topliss-reactive ketones (excluding diaryl/α,β-unsaturated/α-hetero) is 1. The summed E-state index contributed by atoms with van der Waals surface area (Å²) < 4.78 is 66.5. The van der Waals surface area contributed by atoms with Crippen LogP contribution in [0.15, 0.2) is 36.8 Å². The molecule has 35 heavy (non-hydrogen) atoms. The number of nitrogens with zero attached hydrogens (tertiary/aromatic N) is 4. The summed E-state index contributed by atoms with van der Waals surface area (Å²) in [6.45, 7) is 0. The fourth-order valence-corrected chi connectivity index (χ4v) is 4.16. The fourth-order valence-electron chi connectivity index (χ4n) is 4.16. The summed E-state index contributed by atoms with van der Waals surface area (Å²) in [7, 11) is 1.76. The summed E-state index contributed by atoms with van der Waals surface area (Å²) in [5.41, 5.74) is 1.52. The Morgan fingerprint density at radius 1 is 1.09 bits per heavy atom. The molecule has 0 amide bonds. The van der Waals surface area contributed by atoms with Crippen molar-refractivity contribution in [3.63, 3.8) is 0 Å². The molecule has 1 aliphatic carbocycles. The number of hydrogen-bond donors (Lipinski definition) is 2. The van der Waals surface area contributed by atoms with Crippen molar-refractivity contribution in [3.8, 4) is 11.1 Å². The zero-order chi connectivity index (χ0) is 25.2. The highest BCUT2D eigenvalue weighted by Gasteiger charge is 2.39. The van der Waals surface area contributed by atoms with Crippen molar-refractivity contribution in [1.82, 2.24) is 19.7 Å². The summed E-state index contributed by atoms with van der Waals surface area (Å²) in [6.07, 6.45) is 1.73. The molecule has 186 valence electrons. The van der Waals surface area contributed by atoms with E-state index in [0.717, 1.165) is 23.8 Å². The van der Waals surface area contributed by atoms with E-state index >= 15 is 0 Å². The van der Waals surface area contributed by atoms with Gasteiger partial charge in [0.2, 0.25) is 11.7 Å². The third-order valence-electron chi connectivity index (χ3n) is 5.90. The molecule has 1 aromatic carbocycles. The minimum atomic E-state index is -4.80. The van der Waals surface area contributed by atoms with E-state index in [1.807, 2.05) is 0 Å². The van der Waals surface area contributed by atoms with Gasteiger partial charge in [0, 0.05) is 54.8 Å². The molecule has 2 N–H and O–H groups in total. The van der Waals surface area contributed by atoms with Gasteiger partial charge in [0.25, 0.3) is 0 Å². The first-order valence-electron chi connectivity index (χ1n) is 11.0. The highest BCUT2D eigenvalue weighted by molar-refractivity contribution is 5.84. The molecule has 0 atom stereocenters. The van der Waals surface area contributed by atoms with E-state index in [9.17, 15) is 26.7 Å². The van der Waals surface area contributed by atoms with Crippen molar-refractivity contribution in [2.45, 2.75) is 44.3 Å². The predicted molar refractivity (Wildman–Crippen MR) is 119 cm³/mol. The van der Waals surface area contributed by atoms with E-state index < -0.39 is 30.0 Å². The number of halogens is 5. The lowest BCUT2D eigenvalue weighted by Crippen LogP contribution is -2.30. The number of aryl methyl sites for hydroxylation is 1. The van der Waals surface area contributed by atoms with Crippen LogP contribution in [0.4, 0.5) is 39.4 Å². The van der Waals surface area contributed by atoms with Crippen molar-refractivity contribution in [2.75, 3.05) is 10.6 Å². The molecule has 2 heterocycles. The van der Waals surface area contributed by atoms with Crippen LogP contribution in [0.3, 0.4) is 0 Å². The van der Waals surface area contributed by atoms with Gasteiger partial charge in [0.15, 0.2) is 0 Å². The molecule has 0 spiro atoms. The number of anilines is 3. The quantitative estimate of drug-likeness (QED) is 0.429. The molecule has 12 heteroatoms. The predicted octanol–water partition coefficient (Wildman–Crippen LogP) is 5.39. The van der Waals surface area contributed by atoms with Gasteiger partial charge in [-0.1, -0.05) is 0 Å². The van der Waals surface area contributed by atoms with E-state index in [1.165, 1.54) is 0 Å². The number of rotatable bonds is 7. The maximum absolute atomic E-state index is 13.6.